The maximum atomic E-state index is 13.2. The van der Waals surface area contributed by atoms with Crippen molar-refractivity contribution in [3.8, 4) is 5.69 Å². The maximum Gasteiger partial charge on any atom is 0.254 e. The molecule has 1 heterocycles. The number of amides is 2. The molecule has 0 bridgehead atoms. The van der Waals surface area contributed by atoms with Crippen LogP contribution >= 0.6 is 11.6 Å². The van der Waals surface area contributed by atoms with Crippen molar-refractivity contribution in [3.05, 3.63) is 76.4 Å². The van der Waals surface area contributed by atoms with Gasteiger partial charge >= 0.3 is 0 Å². The lowest BCUT2D eigenvalue weighted by atomic mass is 9.92. The van der Waals surface area contributed by atoms with Crippen LogP contribution in [0.3, 0.4) is 0 Å². The summed E-state index contributed by atoms with van der Waals surface area (Å²) >= 11 is 6.44. The summed E-state index contributed by atoms with van der Waals surface area (Å²) in [5, 5.41) is 8.22. The molecule has 0 spiro atoms. The molecule has 2 aromatic carbocycles. The summed E-state index contributed by atoms with van der Waals surface area (Å²) in [5.41, 5.74) is 3.08. The first kappa shape index (κ1) is 27.5. The van der Waals surface area contributed by atoms with E-state index in [0.717, 1.165) is 31.4 Å². The minimum Gasteiger partial charge on any atom is -0.329 e. The molecule has 0 saturated heterocycles. The van der Waals surface area contributed by atoms with Gasteiger partial charge in [0.25, 0.3) is 5.91 Å². The van der Waals surface area contributed by atoms with E-state index in [9.17, 15) is 9.59 Å². The molecule has 7 heteroatoms. The Kier molecular flexibility index (Phi) is 9.32. The molecule has 1 N–H and O–H groups in total. The molecule has 192 valence electrons. The molecule has 0 radical (unpaired) electrons. The zero-order valence-electron chi connectivity index (χ0n) is 22.0. The summed E-state index contributed by atoms with van der Waals surface area (Å²) in [5.74, 6) is 0.0799. The highest BCUT2D eigenvalue weighted by Gasteiger charge is 2.24. The quantitative estimate of drug-likeness (QED) is 0.333. The first-order valence-corrected chi connectivity index (χ1v) is 13.0. The normalized spacial score (nSPS) is 11.4. The Morgan fingerprint density at radius 1 is 1.03 bits per heavy atom. The number of rotatable bonds is 10. The Bertz CT molecular complexity index is 1180. The van der Waals surface area contributed by atoms with Gasteiger partial charge < -0.3 is 10.2 Å². The molecule has 36 heavy (non-hydrogen) atoms. The highest BCUT2D eigenvalue weighted by atomic mass is 35.5. The van der Waals surface area contributed by atoms with E-state index in [0.29, 0.717) is 28.6 Å². The summed E-state index contributed by atoms with van der Waals surface area (Å²) in [7, 11) is 0. The van der Waals surface area contributed by atoms with Crippen LogP contribution in [-0.2, 0) is 16.6 Å². The number of benzene rings is 2. The molecular formula is C29H37ClN4O2. The van der Waals surface area contributed by atoms with E-state index < -0.39 is 0 Å². The van der Waals surface area contributed by atoms with Crippen LogP contribution in [0, 0.1) is 0 Å². The van der Waals surface area contributed by atoms with E-state index in [-0.39, 0.29) is 23.8 Å². The van der Waals surface area contributed by atoms with E-state index in [1.54, 1.807) is 15.6 Å². The third-order valence-corrected chi connectivity index (χ3v) is 6.28. The Morgan fingerprint density at radius 2 is 1.72 bits per heavy atom. The molecule has 0 aliphatic rings. The van der Waals surface area contributed by atoms with Gasteiger partial charge in [0.1, 0.15) is 12.4 Å². The van der Waals surface area contributed by atoms with Crippen molar-refractivity contribution in [1.29, 1.82) is 0 Å². The first-order valence-electron chi connectivity index (χ1n) is 12.7. The van der Waals surface area contributed by atoms with E-state index in [1.165, 1.54) is 5.56 Å². The van der Waals surface area contributed by atoms with E-state index in [4.69, 9.17) is 16.7 Å². The standard InChI is InChI=1S/C29H37ClN4O2/c1-6-8-11-21-14-16-22(17-15-21)28(36)33(18-7-2)20-27(35)31-26-19-25(29(3,4)5)32-34(26)24-13-10-9-12-23(24)30/h9-10,12-17,19H,6-8,11,18,20H2,1-5H3,(H,31,35). The van der Waals surface area contributed by atoms with Gasteiger partial charge in [-0.25, -0.2) is 4.68 Å². The second-order valence-corrected chi connectivity index (χ2v) is 10.5. The summed E-state index contributed by atoms with van der Waals surface area (Å²) in [4.78, 5) is 28.0. The van der Waals surface area contributed by atoms with Crippen LogP contribution in [0.4, 0.5) is 5.82 Å². The average Bonchev–Trinajstić information content (AvgIpc) is 3.26. The van der Waals surface area contributed by atoms with Crippen molar-refractivity contribution in [2.24, 2.45) is 0 Å². The number of halogens is 1. The third-order valence-electron chi connectivity index (χ3n) is 5.96. The Labute approximate surface area is 219 Å². The zero-order valence-corrected chi connectivity index (χ0v) is 22.7. The number of carbonyl (C=O) groups is 2. The molecule has 3 aromatic rings. The largest absolute Gasteiger partial charge is 0.329 e. The molecule has 0 aliphatic carbocycles. The Hall–Kier alpha value is -3.12. The topological polar surface area (TPSA) is 67.2 Å². The van der Waals surface area contributed by atoms with Crippen LogP contribution in [0.1, 0.15) is 75.5 Å². The van der Waals surface area contributed by atoms with E-state index in [1.807, 2.05) is 55.5 Å². The van der Waals surface area contributed by atoms with Crippen molar-refractivity contribution in [2.45, 2.75) is 65.7 Å². The van der Waals surface area contributed by atoms with Crippen molar-refractivity contribution in [1.82, 2.24) is 14.7 Å². The maximum absolute atomic E-state index is 13.2. The first-order chi connectivity index (χ1) is 17.1. The highest BCUT2D eigenvalue weighted by molar-refractivity contribution is 6.32. The number of unbranched alkanes of at least 4 members (excludes halogenated alkanes) is 1. The molecular weight excluding hydrogens is 472 g/mol. The summed E-state index contributed by atoms with van der Waals surface area (Å²) in [6.45, 7) is 10.8. The fourth-order valence-electron chi connectivity index (χ4n) is 3.90. The predicted molar refractivity (Wildman–Crippen MR) is 147 cm³/mol. The van der Waals surface area contributed by atoms with Gasteiger partial charge in [-0.15, -0.1) is 0 Å². The van der Waals surface area contributed by atoms with Crippen LogP contribution in [0.15, 0.2) is 54.6 Å². The van der Waals surface area contributed by atoms with Crippen LogP contribution in [0.25, 0.3) is 5.69 Å². The van der Waals surface area contributed by atoms with Crippen molar-refractivity contribution in [2.75, 3.05) is 18.4 Å². The van der Waals surface area contributed by atoms with Crippen LogP contribution < -0.4 is 5.32 Å². The number of anilines is 1. The minimum atomic E-state index is -0.287. The Morgan fingerprint density at radius 3 is 2.33 bits per heavy atom. The fourth-order valence-corrected chi connectivity index (χ4v) is 4.12. The third kappa shape index (κ3) is 6.97. The second kappa shape index (κ2) is 12.2. The molecule has 6 nitrogen and oxygen atoms in total. The SMILES string of the molecule is CCCCc1ccc(C(=O)N(CCC)CC(=O)Nc2cc(C(C)(C)C)nn2-c2ccccc2Cl)cc1. The number of hydrogen-bond donors (Lipinski definition) is 1. The molecule has 3 rings (SSSR count). The van der Waals surface area contributed by atoms with Gasteiger partial charge in [0.05, 0.1) is 16.4 Å². The number of nitrogens with zero attached hydrogens (tertiary/aromatic N) is 3. The van der Waals surface area contributed by atoms with Crippen molar-refractivity contribution < 1.29 is 9.59 Å². The van der Waals surface area contributed by atoms with Crippen molar-refractivity contribution >= 4 is 29.2 Å². The van der Waals surface area contributed by atoms with Crippen molar-refractivity contribution in [3.63, 3.8) is 0 Å². The molecule has 0 saturated carbocycles. The van der Waals surface area contributed by atoms with Crippen LogP contribution in [0.5, 0.6) is 0 Å². The lowest BCUT2D eigenvalue weighted by Gasteiger charge is -2.22. The Balaban J connectivity index is 1.80. The monoisotopic (exact) mass is 508 g/mol. The fraction of sp³-hybridized carbons (Fsp3) is 0.414. The molecule has 0 atom stereocenters. The summed E-state index contributed by atoms with van der Waals surface area (Å²) in [6.07, 6.45) is 4.00. The van der Waals surface area contributed by atoms with Gasteiger partial charge in [-0.2, -0.15) is 5.10 Å². The van der Waals surface area contributed by atoms with Gasteiger partial charge in [0, 0.05) is 23.6 Å². The summed E-state index contributed by atoms with van der Waals surface area (Å²) < 4.78 is 1.65. The average molecular weight is 509 g/mol. The lowest BCUT2D eigenvalue weighted by molar-refractivity contribution is -0.116. The minimum absolute atomic E-state index is 0.0528. The van der Waals surface area contributed by atoms with E-state index >= 15 is 0 Å². The second-order valence-electron chi connectivity index (χ2n) is 10.1. The van der Waals surface area contributed by atoms with Gasteiger partial charge in [0.15, 0.2) is 0 Å². The smallest absolute Gasteiger partial charge is 0.254 e. The number of para-hydroxylation sites is 1. The van der Waals surface area contributed by atoms with E-state index in [2.05, 4.69) is 33.0 Å². The molecule has 0 fully saturated rings. The van der Waals surface area contributed by atoms with Gasteiger partial charge in [-0.3, -0.25) is 9.59 Å². The number of carbonyl (C=O) groups excluding carboxylic acids is 2. The van der Waals surface area contributed by atoms with Crippen LogP contribution in [0.2, 0.25) is 5.02 Å². The van der Waals surface area contributed by atoms with Gasteiger partial charge in [0.2, 0.25) is 5.91 Å². The number of nitrogens with one attached hydrogen (secondary N) is 1. The lowest BCUT2D eigenvalue weighted by Crippen LogP contribution is -2.38. The van der Waals surface area contributed by atoms with Gasteiger partial charge in [-0.1, -0.05) is 76.9 Å². The zero-order chi connectivity index (χ0) is 26.3. The van der Waals surface area contributed by atoms with Gasteiger partial charge in [-0.05, 0) is 49.1 Å². The highest BCUT2D eigenvalue weighted by Crippen LogP contribution is 2.29. The number of aryl methyl sites for hydroxylation is 1. The molecule has 2 amide bonds. The predicted octanol–water partition coefficient (Wildman–Crippen LogP) is 6.66. The number of aromatic nitrogens is 2. The number of hydrogen-bond acceptors (Lipinski definition) is 3. The summed E-state index contributed by atoms with van der Waals surface area (Å²) in [6, 6.07) is 17.0. The van der Waals surface area contributed by atoms with Crippen LogP contribution in [-0.4, -0.2) is 39.6 Å². The molecule has 0 aliphatic heterocycles. The molecule has 0 unspecified atom stereocenters. The molecule has 1 aromatic heterocycles.